The van der Waals surface area contributed by atoms with Gasteiger partial charge in [-0.2, -0.15) is 0 Å². The molecule has 3 aliphatic rings. The maximum atomic E-state index is 15.2. The van der Waals surface area contributed by atoms with Crippen molar-refractivity contribution < 1.29 is 75.7 Å². The second-order valence-electron chi connectivity index (χ2n) is 10.3. The lowest BCUT2D eigenvalue weighted by molar-refractivity contribution is -0.357. The molecule has 0 aromatic carbocycles. The van der Waals surface area contributed by atoms with Gasteiger partial charge in [-0.15, -0.1) is 0 Å². The summed E-state index contributed by atoms with van der Waals surface area (Å²) in [5, 5.41) is 0.114. The third kappa shape index (κ3) is 10.0. The zero-order valence-corrected chi connectivity index (χ0v) is 26.6. The van der Waals surface area contributed by atoms with Crippen LogP contribution < -0.4 is 0 Å². The minimum absolute atomic E-state index is 0.114. The first-order chi connectivity index (χ1) is 20.8. The molecule has 5 unspecified atom stereocenters. The summed E-state index contributed by atoms with van der Waals surface area (Å²) in [6.45, 7) is 5.30. The van der Waals surface area contributed by atoms with Crippen LogP contribution in [0.3, 0.4) is 0 Å². The van der Waals surface area contributed by atoms with Crippen LogP contribution in [-0.2, 0) is 71.3 Å². The number of carbonyl (C=O) groups excluding carboxylic acids is 5. The van der Waals surface area contributed by atoms with Crippen molar-refractivity contribution in [2.45, 2.75) is 122 Å². The second kappa shape index (κ2) is 16.7. The summed E-state index contributed by atoms with van der Waals surface area (Å²) in [5.74, 6) is -4.08. The predicted octanol–water partition coefficient (Wildman–Crippen LogP) is 1.39. The van der Waals surface area contributed by atoms with Crippen molar-refractivity contribution >= 4 is 45.8 Å². The van der Waals surface area contributed by atoms with Crippen LogP contribution in [0.5, 0.6) is 0 Å². The molecule has 3 aliphatic heterocycles. The van der Waals surface area contributed by atoms with E-state index >= 15 is 4.39 Å². The Labute approximate surface area is 261 Å². The van der Waals surface area contributed by atoms with E-state index in [1.54, 1.807) is 0 Å². The van der Waals surface area contributed by atoms with Crippen molar-refractivity contribution in [3.05, 3.63) is 0 Å². The van der Waals surface area contributed by atoms with Crippen molar-refractivity contribution in [1.82, 2.24) is 0 Å². The lowest BCUT2D eigenvalue weighted by Crippen LogP contribution is -2.66. The van der Waals surface area contributed by atoms with Crippen molar-refractivity contribution in [2.24, 2.45) is 0 Å². The van der Waals surface area contributed by atoms with E-state index in [0.29, 0.717) is 13.0 Å². The SMILES string of the molecule is CC(=O)OCC1O[C@@H](F)C(OC(C)=O)[C@@H](OC(C)=O)[C@H]1O[C@@H]1OC(CBr)[C@H](OC2CCCCO2)[C@H](OC(C)=O)C1OC(C)=O. The highest BCUT2D eigenvalue weighted by atomic mass is 79.9. The van der Waals surface area contributed by atoms with Crippen molar-refractivity contribution in [1.29, 1.82) is 0 Å². The fourth-order valence-corrected chi connectivity index (χ4v) is 5.60. The summed E-state index contributed by atoms with van der Waals surface area (Å²) in [5.41, 5.74) is 0. The van der Waals surface area contributed by atoms with Crippen molar-refractivity contribution in [3.8, 4) is 0 Å². The summed E-state index contributed by atoms with van der Waals surface area (Å²) in [6.07, 6.45) is -13.5. The van der Waals surface area contributed by atoms with Gasteiger partial charge in [0.2, 0.25) is 6.36 Å². The van der Waals surface area contributed by atoms with Crippen LogP contribution in [0.25, 0.3) is 0 Å². The molecular weight excluding hydrogens is 663 g/mol. The molecule has 0 aliphatic carbocycles. The Morgan fingerprint density at radius 3 is 1.75 bits per heavy atom. The van der Waals surface area contributed by atoms with Gasteiger partial charge in [0, 0.05) is 46.6 Å². The molecule has 3 fully saturated rings. The van der Waals surface area contributed by atoms with E-state index in [0.717, 1.165) is 47.5 Å². The molecule has 3 saturated heterocycles. The van der Waals surface area contributed by atoms with Gasteiger partial charge in [-0.25, -0.2) is 4.39 Å². The maximum Gasteiger partial charge on any atom is 0.303 e. The number of hydrogen-bond donors (Lipinski definition) is 0. The molecule has 250 valence electrons. The van der Waals surface area contributed by atoms with E-state index in [4.69, 9.17) is 47.4 Å². The Bertz CT molecular complexity index is 1020. The minimum Gasteiger partial charge on any atom is -0.463 e. The molecule has 0 aromatic heterocycles. The lowest BCUT2D eigenvalue weighted by Gasteiger charge is -2.48. The molecule has 17 heteroatoms. The number of alkyl halides is 2. The summed E-state index contributed by atoms with van der Waals surface area (Å²) in [6, 6.07) is 0. The zero-order chi connectivity index (χ0) is 32.6. The maximum absolute atomic E-state index is 15.2. The van der Waals surface area contributed by atoms with Gasteiger partial charge in [0.05, 0.1) is 0 Å². The van der Waals surface area contributed by atoms with Crippen LogP contribution in [0.1, 0.15) is 53.9 Å². The average molecular weight is 701 g/mol. The van der Waals surface area contributed by atoms with Crippen LogP contribution in [0.15, 0.2) is 0 Å². The van der Waals surface area contributed by atoms with Gasteiger partial charge < -0.3 is 47.4 Å². The Hall–Kier alpha value is -2.44. The van der Waals surface area contributed by atoms with Crippen LogP contribution in [-0.4, -0.2) is 116 Å². The van der Waals surface area contributed by atoms with E-state index in [-0.39, 0.29) is 5.33 Å². The van der Waals surface area contributed by atoms with E-state index < -0.39 is 104 Å². The first-order valence-corrected chi connectivity index (χ1v) is 15.2. The first-order valence-electron chi connectivity index (χ1n) is 14.1. The van der Waals surface area contributed by atoms with Gasteiger partial charge >= 0.3 is 29.8 Å². The third-order valence-corrected chi connectivity index (χ3v) is 7.36. The molecule has 0 aromatic rings. The van der Waals surface area contributed by atoms with Gasteiger partial charge in [0.25, 0.3) is 0 Å². The van der Waals surface area contributed by atoms with Gasteiger partial charge in [0.15, 0.2) is 37.0 Å². The number of hydrogen-bond acceptors (Lipinski definition) is 15. The molecule has 44 heavy (non-hydrogen) atoms. The number of carbonyl (C=O) groups is 5. The lowest BCUT2D eigenvalue weighted by atomic mass is 9.96. The molecule has 0 saturated carbocycles. The Morgan fingerprint density at radius 1 is 0.682 bits per heavy atom. The van der Waals surface area contributed by atoms with E-state index in [1.807, 2.05) is 0 Å². The number of ether oxygens (including phenoxy) is 10. The smallest absolute Gasteiger partial charge is 0.303 e. The quantitative estimate of drug-likeness (QED) is 0.171. The van der Waals surface area contributed by atoms with Crippen molar-refractivity contribution in [2.75, 3.05) is 18.5 Å². The van der Waals surface area contributed by atoms with Crippen LogP contribution >= 0.6 is 15.9 Å². The van der Waals surface area contributed by atoms with Gasteiger partial charge in [-0.1, -0.05) is 15.9 Å². The molecule has 0 N–H and O–H groups in total. The molecule has 0 spiro atoms. The average Bonchev–Trinajstić information content (AvgIpc) is 2.93. The van der Waals surface area contributed by atoms with E-state index in [2.05, 4.69) is 15.9 Å². The molecule has 3 rings (SSSR count). The van der Waals surface area contributed by atoms with Gasteiger partial charge in [-0.3, -0.25) is 24.0 Å². The highest BCUT2D eigenvalue weighted by molar-refractivity contribution is 9.09. The molecule has 0 bridgehead atoms. The van der Waals surface area contributed by atoms with E-state index in [9.17, 15) is 24.0 Å². The van der Waals surface area contributed by atoms with Crippen LogP contribution in [0.2, 0.25) is 0 Å². The number of rotatable bonds is 11. The van der Waals surface area contributed by atoms with Crippen LogP contribution in [0, 0.1) is 0 Å². The predicted molar refractivity (Wildman–Crippen MR) is 144 cm³/mol. The zero-order valence-electron chi connectivity index (χ0n) is 25.0. The first kappa shape index (κ1) is 36.0. The fourth-order valence-electron chi connectivity index (χ4n) is 5.07. The van der Waals surface area contributed by atoms with Gasteiger partial charge in [0.1, 0.15) is 31.0 Å². The third-order valence-electron chi connectivity index (χ3n) is 6.72. The number of esters is 5. The molecular formula is C27H38BrFO15. The second-order valence-corrected chi connectivity index (χ2v) is 11.0. The molecule has 3 heterocycles. The standard InChI is InChI=1S/C27H38BrFO15/c1-12(30)36-11-18-21(22(37-13(2)31)24(26(29)41-18)39-15(4)33)44-27-25(40-16(5)34)23(38-14(3)32)20(17(10-28)42-27)43-19-8-6-7-9-35-19/h17-27H,6-11H2,1-5H3/t17?,18?,19?,20-,21-,22-,23-,24?,25?,26+,27-/m0/s1. The normalized spacial score (nSPS) is 35.6. The molecule has 0 radical (unpaired) electrons. The van der Waals surface area contributed by atoms with Crippen LogP contribution in [0.4, 0.5) is 4.39 Å². The van der Waals surface area contributed by atoms with E-state index in [1.165, 1.54) is 0 Å². The fraction of sp³-hybridized carbons (Fsp3) is 0.815. The summed E-state index contributed by atoms with van der Waals surface area (Å²) in [4.78, 5) is 60.1. The summed E-state index contributed by atoms with van der Waals surface area (Å²) >= 11 is 3.37. The largest absolute Gasteiger partial charge is 0.463 e. The molecule has 0 amide bonds. The van der Waals surface area contributed by atoms with Crippen molar-refractivity contribution in [3.63, 3.8) is 0 Å². The Morgan fingerprint density at radius 2 is 1.23 bits per heavy atom. The Kier molecular flexibility index (Phi) is 13.7. The molecule has 15 nitrogen and oxygen atoms in total. The number of halogens is 2. The summed E-state index contributed by atoms with van der Waals surface area (Å²) in [7, 11) is 0. The molecule has 11 atom stereocenters. The minimum atomic E-state index is -2.32. The highest BCUT2D eigenvalue weighted by Gasteiger charge is 2.57. The van der Waals surface area contributed by atoms with Gasteiger partial charge in [-0.05, 0) is 19.3 Å². The summed E-state index contributed by atoms with van der Waals surface area (Å²) < 4.78 is 71.4. The Balaban J connectivity index is 2.03. The topological polar surface area (TPSA) is 178 Å². The monoisotopic (exact) mass is 700 g/mol. The highest BCUT2D eigenvalue weighted by Crippen LogP contribution is 2.36.